The number of aldehydes is 1. The number of nitrogens with zero attached hydrogens (tertiary/aromatic N) is 2. The van der Waals surface area contributed by atoms with Crippen molar-refractivity contribution < 1.29 is 19.0 Å². The second-order valence-electron chi connectivity index (χ2n) is 6.82. The van der Waals surface area contributed by atoms with Crippen LogP contribution >= 0.6 is 0 Å². The summed E-state index contributed by atoms with van der Waals surface area (Å²) in [6.45, 7) is 6.52. The summed E-state index contributed by atoms with van der Waals surface area (Å²) in [5.41, 5.74) is 1.85. The SMILES string of the molecule is COc1cc(C=O)cc(OC)c1OCCN1CCN(Cc2ccccc2)CC1. The molecular formula is C22H28N2O4. The predicted molar refractivity (Wildman–Crippen MR) is 109 cm³/mol. The number of methoxy groups -OCH3 is 2. The Kier molecular flexibility index (Phi) is 7.28. The Morgan fingerprint density at radius 3 is 2.11 bits per heavy atom. The predicted octanol–water partition coefficient (Wildman–Crippen LogP) is 2.71. The van der Waals surface area contributed by atoms with Crippen molar-refractivity contribution in [1.82, 2.24) is 9.80 Å². The van der Waals surface area contributed by atoms with Crippen LogP contribution in [0, 0.1) is 0 Å². The normalized spacial score (nSPS) is 15.2. The first-order chi connectivity index (χ1) is 13.7. The first kappa shape index (κ1) is 20.2. The molecule has 2 aromatic rings. The molecule has 28 heavy (non-hydrogen) atoms. The van der Waals surface area contributed by atoms with Crippen LogP contribution in [-0.2, 0) is 6.54 Å². The van der Waals surface area contributed by atoms with E-state index in [-0.39, 0.29) is 0 Å². The lowest BCUT2D eigenvalue weighted by Gasteiger charge is -2.34. The molecule has 2 aromatic carbocycles. The molecule has 1 saturated heterocycles. The standard InChI is InChI=1S/C22H28N2O4/c1-26-20-14-19(17-25)15-21(27-2)22(20)28-13-12-23-8-10-24(11-9-23)16-18-6-4-3-5-7-18/h3-7,14-15,17H,8-13,16H2,1-2H3. The van der Waals surface area contributed by atoms with Gasteiger partial charge in [-0.3, -0.25) is 14.6 Å². The van der Waals surface area contributed by atoms with Gasteiger partial charge in [0.15, 0.2) is 11.5 Å². The van der Waals surface area contributed by atoms with E-state index in [9.17, 15) is 4.79 Å². The molecule has 1 fully saturated rings. The lowest BCUT2D eigenvalue weighted by molar-refractivity contribution is 0.111. The molecule has 0 bridgehead atoms. The van der Waals surface area contributed by atoms with E-state index in [1.807, 2.05) is 0 Å². The first-order valence-corrected chi connectivity index (χ1v) is 9.56. The number of benzene rings is 2. The summed E-state index contributed by atoms with van der Waals surface area (Å²) in [4.78, 5) is 15.9. The molecule has 150 valence electrons. The molecule has 0 aliphatic carbocycles. The molecule has 6 heteroatoms. The molecule has 0 spiro atoms. The summed E-state index contributed by atoms with van der Waals surface area (Å²) < 4.78 is 16.7. The smallest absolute Gasteiger partial charge is 0.203 e. The van der Waals surface area contributed by atoms with Gasteiger partial charge in [0.2, 0.25) is 5.75 Å². The maximum absolute atomic E-state index is 11.1. The van der Waals surface area contributed by atoms with Crippen LogP contribution in [0.1, 0.15) is 15.9 Å². The third-order valence-corrected chi connectivity index (χ3v) is 4.99. The molecule has 0 aromatic heterocycles. The highest BCUT2D eigenvalue weighted by molar-refractivity contribution is 5.78. The van der Waals surface area contributed by atoms with E-state index in [1.165, 1.54) is 5.56 Å². The number of piperazine rings is 1. The van der Waals surface area contributed by atoms with Gasteiger partial charge in [0.25, 0.3) is 0 Å². The van der Waals surface area contributed by atoms with E-state index in [0.717, 1.165) is 45.6 Å². The molecule has 1 aliphatic rings. The van der Waals surface area contributed by atoms with Crippen LogP contribution in [-0.4, -0.2) is 69.6 Å². The van der Waals surface area contributed by atoms with Gasteiger partial charge in [-0.2, -0.15) is 0 Å². The Bertz CT molecular complexity index is 733. The van der Waals surface area contributed by atoms with Gasteiger partial charge in [0.05, 0.1) is 14.2 Å². The monoisotopic (exact) mass is 384 g/mol. The fraction of sp³-hybridized carbons (Fsp3) is 0.409. The van der Waals surface area contributed by atoms with Crippen molar-refractivity contribution in [1.29, 1.82) is 0 Å². The fourth-order valence-corrected chi connectivity index (χ4v) is 3.40. The van der Waals surface area contributed by atoms with Crippen LogP contribution in [0.2, 0.25) is 0 Å². The van der Waals surface area contributed by atoms with Gasteiger partial charge in [0, 0.05) is 44.8 Å². The molecule has 0 unspecified atom stereocenters. The van der Waals surface area contributed by atoms with Crippen LogP contribution in [0.25, 0.3) is 0 Å². The fourth-order valence-electron chi connectivity index (χ4n) is 3.40. The molecule has 1 aliphatic heterocycles. The van der Waals surface area contributed by atoms with Gasteiger partial charge in [-0.05, 0) is 17.7 Å². The van der Waals surface area contributed by atoms with Crippen molar-refractivity contribution in [3.05, 3.63) is 53.6 Å². The van der Waals surface area contributed by atoms with Crippen molar-refractivity contribution in [2.45, 2.75) is 6.54 Å². The average molecular weight is 384 g/mol. The molecule has 0 N–H and O–H groups in total. The van der Waals surface area contributed by atoms with Gasteiger partial charge in [-0.25, -0.2) is 0 Å². The second kappa shape index (κ2) is 10.1. The molecule has 0 saturated carbocycles. The van der Waals surface area contributed by atoms with Crippen LogP contribution in [0.4, 0.5) is 0 Å². The summed E-state index contributed by atoms with van der Waals surface area (Å²) in [7, 11) is 3.12. The minimum Gasteiger partial charge on any atom is -0.493 e. The summed E-state index contributed by atoms with van der Waals surface area (Å²) in [6.07, 6.45) is 0.768. The summed E-state index contributed by atoms with van der Waals surface area (Å²) in [6, 6.07) is 13.9. The van der Waals surface area contributed by atoms with Crippen molar-refractivity contribution in [3.8, 4) is 17.2 Å². The van der Waals surface area contributed by atoms with E-state index in [1.54, 1.807) is 26.4 Å². The number of rotatable bonds is 9. The van der Waals surface area contributed by atoms with Crippen molar-refractivity contribution in [2.75, 3.05) is 53.6 Å². The molecule has 1 heterocycles. The Hall–Kier alpha value is -2.57. The van der Waals surface area contributed by atoms with E-state index in [0.29, 0.717) is 29.4 Å². The van der Waals surface area contributed by atoms with Crippen LogP contribution in [0.5, 0.6) is 17.2 Å². The van der Waals surface area contributed by atoms with Crippen molar-refractivity contribution in [2.24, 2.45) is 0 Å². The Morgan fingerprint density at radius 1 is 0.929 bits per heavy atom. The van der Waals surface area contributed by atoms with Crippen LogP contribution in [0.15, 0.2) is 42.5 Å². The molecule has 3 rings (SSSR count). The topological polar surface area (TPSA) is 51.2 Å². The number of carbonyl (C=O) groups excluding carboxylic acids is 1. The number of carbonyl (C=O) groups is 1. The van der Waals surface area contributed by atoms with Crippen LogP contribution < -0.4 is 14.2 Å². The molecular weight excluding hydrogens is 356 g/mol. The quantitative estimate of drug-likeness (QED) is 0.620. The third kappa shape index (κ3) is 5.24. The maximum atomic E-state index is 11.1. The number of ether oxygens (including phenoxy) is 3. The number of hydrogen-bond donors (Lipinski definition) is 0. The van der Waals surface area contributed by atoms with Crippen molar-refractivity contribution in [3.63, 3.8) is 0 Å². The number of hydrogen-bond acceptors (Lipinski definition) is 6. The molecule has 0 radical (unpaired) electrons. The van der Waals surface area contributed by atoms with Crippen LogP contribution in [0.3, 0.4) is 0 Å². The highest BCUT2D eigenvalue weighted by Gasteiger charge is 2.18. The first-order valence-electron chi connectivity index (χ1n) is 9.56. The minimum atomic E-state index is 0.496. The van der Waals surface area contributed by atoms with Gasteiger partial charge < -0.3 is 14.2 Å². The van der Waals surface area contributed by atoms with Gasteiger partial charge in [-0.1, -0.05) is 30.3 Å². The third-order valence-electron chi connectivity index (χ3n) is 4.99. The molecule has 6 nitrogen and oxygen atoms in total. The van der Waals surface area contributed by atoms with Gasteiger partial charge in [-0.15, -0.1) is 0 Å². The van der Waals surface area contributed by atoms with Gasteiger partial charge in [0.1, 0.15) is 12.9 Å². The zero-order chi connectivity index (χ0) is 19.8. The second-order valence-corrected chi connectivity index (χ2v) is 6.82. The Labute approximate surface area is 166 Å². The summed E-state index contributed by atoms with van der Waals surface area (Å²) in [5, 5.41) is 0. The van der Waals surface area contributed by atoms with E-state index >= 15 is 0 Å². The average Bonchev–Trinajstić information content (AvgIpc) is 2.75. The highest BCUT2D eigenvalue weighted by Crippen LogP contribution is 2.38. The Balaban J connectivity index is 1.48. The molecule has 0 atom stereocenters. The molecule has 0 amide bonds. The highest BCUT2D eigenvalue weighted by atomic mass is 16.5. The Morgan fingerprint density at radius 2 is 1.54 bits per heavy atom. The van der Waals surface area contributed by atoms with Crippen molar-refractivity contribution >= 4 is 6.29 Å². The lowest BCUT2D eigenvalue weighted by atomic mass is 10.2. The summed E-state index contributed by atoms with van der Waals surface area (Å²) in [5.74, 6) is 1.56. The minimum absolute atomic E-state index is 0.496. The van der Waals surface area contributed by atoms with E-state index < -0.39 is 0 Å². The largest absolute Gasteiger partial charge is 0.493 e. The zero-order valence-electron chi connectivity index (χ0n) is 16.6. The summed E-state index contributed by atoms with van der Waals surface area (Å²) >= 11 is 0. The van der Waals surface area contributed by atoms with E-state index in [4.69, 9.17) is 14.2 Å². The zero-order valence-corrected chi connectivity index (χ0v) is 16.6. The lowest BCUT2D eigenvalue weighted by Crippen LogP contribution is -2.47. The maximum Gasteiger partial charge on any atom is 0.203 e. The van der Waals surface area contributed by atoms with Gasteiger partial charge >= 0.3 is 0 Å². The van der Waals surface area contributed by atoms with E-state index in [2.05, 4.69) is 40.1 Å².